The fraction of sp³-hybridized carbons (Fsp3) is 0. The molecule has 0 fully saturated rings. The Morgan fingerprint density at radius 3 is 2.75 bits per heavy atom. The third-order valence-corrected chi connectivity index (χ3v) is 2.61. The molecule has 0 radical (unpaired) electrons. The molecule has 1 heterocycles. The molecule has 0 aliphatic rings. The molecule has 0 bridgehead atoms. The van der Waals surface area contributed by atoms with Gasteiger partial charge in [-0.05, 0) is 46.3 Å². The summed E-state index contributed by atoms with van der Waals surface area (Å²) in [6.07, 6.45) is 0. The van der Waals surface area contributed by atoms with Crippen LogP contribution in [-0.4, -0.2) is 4.98 Å². The van der Waals surface area contributed by atoms with Gasteiger partial charge in [0, 0.05) is 5.69 Å². The zero-order valence-corrected chi connectivity index (χ0v) is 9.83. The lowest BCUT2D eigenvalue weighted by molar-refractivity contribution is 0.622. The molecule has 2 aromatic rings. The number of nitrogens with two attached hydrogens (primary N) is 1. The average Bonchev–Trinajstić information content (AvgIpc) is 2.24. The minimum absolute atomic E-state index is 0.325. The Morgan fingerprint density at radius 1 is 1.25 bits per heavy atom. The number of pyridine rings is 1. The van der Waals surface area contributed by atoms with Crippen LogP contribution in [0, 0.1) is 5.82 Å². The van der Waals surface area contributed by atoms with Gasteiger partial charge < -0.3 is 11.1 Å². The molecule has 1 aromatic heterocycles. The Hall–Kier alpha value is -1.62. The summed E-state index contributed by atoms with van der Waals surface area (Å²) in [6.45, 7) is 0. The molecule has 1 aromatic carbocycles. The molecule has 0 aliphatic heterocycles. The van der Waals surface area contributed by atoms with Crippen LogP contribution in [0.5, 0.6) is 0 Å². The molecule has 0 aliphatic carbocycles. The van der Waals surface area contributed by atoms with E-state index in [0.717, 1.165) is 0 Å². The van der Waals surface area contributed by atoms with Gasteiger partial charge in [-0.3, -0.25) is 0 Å². The van der Waals surface area contributed by atoms with Gasteiger partial charge in [-0.1, -0.05) is 6.07 Å². The summed E-state index contributed by atoms with van der Waals surface area (Å²) in [5.41, 5.74) is 6.16. The summed E-state index contributed by atoms with van der Waals surface area (Å²) < 4.78 is 13.7. The first-order valence-electron chi connectivity index (χ1n) is 4.60. The molecular formula is C11H9BrFN3. The maximum absolute atomic E-state index is 13.2. The molecule has 82 valence electrons. The van der Waals surface area contributed by atoms with Crippen molar-refractivity contribution < 1.29 is 4.39 Å². The van der Waals surface area contributed by atoms with Crippen molar-refractivity contribution in [2.24, 2.45) is 0 Å². The highest BCUT2D eigenvalue weighted by molar-refractivity contribution is 9.10. The second kappa shape index (κ2) is 4.49. The van der Waals surface area contributed by atoms with Gasteiger partial charge in [0.1, 0.15) is 17.5 Å². The Labute approximate surface area is 101 Å². The molecule has 0 spiro atoms. The highest BCUT2D eigenvalue weighted by Gasteiger charge is 2.01. The smallest absolute Gasteiger partial charge is 0.139 e. The summed E-state index contributed by atoms with van der Waals surface area (Å²) in [5, 5.41) is 2.96. The minimum atomic E-state index is -0.325. The number of benzene rings is 1. The monoisotopic (exact) mass is 281 g/mol. The van der Waals surface area contributed by atoms with E-state index >= 15 is 0 Å². The number of hydrogen-bond acceptors (Lipinski definition) is 3. The van der Waals surface area contributed by atoms with E-state index in [0.29, 0.717) is 21.8 Å². The summed E-state index contributed by atoms with van der Waals surface area (Å²) >= 11 is 3.09. The first-order chi connectivity index (χ1) is 7.65. The van der Waals surface area contributed by atoms with Gasteiger partial charge >= 0.3 is 0 Å². The van der Waals surface area contributed by atoms with Gasteiger partial charge in [-0.15, -0.1) is 0 Å². The van der Waals surface area contributed by atoms with E-state index in [2.05, 4.69) is 26.2 Å². The van der Waals surface area contributed by atoms with Crippen molar-refractivity contribution in [1.82, 2.24) is 4.98 Å². The zero-order valence-electron chi connectivity index (χ0n) is 8.24. The molecule has 0 saturated heterocycles. The van der Waals surface area contributed by atoms with Crippen molar-refractivity contribution in [3.63, 3.8) is 0 Å². The Balaban J connectivity index is 2.24. The van der Waals surface area contributed by atoms with Crippen LogP contribution in [0.1, 0.15) is 0 Å². The van der Waals surface area contributed by atoms with E-state index in [1.54, 1.807) is 30.3 Å². The number of anilines is 3. The van der Waals surface area contributed by atoms with Gasteiger partial charge in [0.2, 0.25) is 0 Å². The van der Waals surface area contributed by atoms with Crippen molar-refractivity contribution in [2.75, 3.05) is 11.1 Å². The van der Waals surface area contributed by atoms with Crippen LogP contribution in [0.25, 0.3) is 0 Å². The first kappa shape index (κ1) is 10.9. The van der Waals surface area contributed by atoms with E-state index in [1.807, 2.05) is 0 Å². The van der Waals surface area contributed by atoms with Gasteiger partial charge in [-0.25, -0.2) is 9.37 Å². The molecule has 0 saturated carbocycles. The number of nitrogens with zero attached hydrogens (tertiary/aromatic N) is 1. The summed E-state index contributed by atoms with van der Waals surface area (Å²) in [7, 11) is 0. The van der Waals surface area contributed by atoms with Crippen molar-refractivity contribution >= 4 is 33.3 Å². The van der Waals surface area contributed by atoms with Gasteiger partial charge in [0.05, 0.1) is 4.47 Å². The quantitative estimate of drug-likeness (QED) is 0.888. The summed E-state index contributed by atoms with van der Waals surface area (Å²) in [4.78, 5) is 4.05. The fourth-order valence-electron chi connectivity index (χ4n) is 1.24. The second-order valence-corrected chi connectivity index (χ2v) is 4.06. The second-order valence-electron chi connectivity index (χ2n) is 3.20. The molecular weight excluding hydrogens is 273 g/mol. The van der Waals surface area contributed by atoms with E-state index in [-0.39, 0.29) is 5.82 Å². The van der Waals surface area contributed by atoms with Gasteiger partial charge in [-0.2, -0.15) is 0 Å². The van der Waals surface area contributed by atoms with Crippen molar-refractivity contribution in [1.29, 1.82) is 0 Å². The Morgan fingerprint density at radius 2 is 2.06 bits per heavy atom. The standard InChI is InChI=1S/C11H9BrFN3/c12-8-5-4-7(6-9(8)13)15-11-3-1-2-10(14)16-11/h1-6H,(H3,14,15,16). The lowest BCUT2D eigenvalue weighted by Gasteiger charge is -2.06. The average molecular weight is 282 g/mol. The number of rotatable bonds is 2. The van der Waals surface area contributed by atoms with Crippen LogP contribution in [0.4, 0.5) is 21.7 Å². The number of aromatic nitrogens is 1. The number of hydrogen-bond donors (Lipinski definition) is 2. The molecule has 2 rings (SSSR count). The van der Waals surface area contributed by atoms with E-state index < -0.39 is 0 Å². The molecule has 3 nitrogen and oxygen atoms in total. The zero-order chi connectivity index (χ0) is 11.5. The predicted molar refractivity (Wildman–Crippen MR) is 66.0 cm³/mol. The molecule has 0 unspecified atom stereocenters. The largest absolute Gasteiger partial charge is 0.384 e. The topological polar surface area (TPSA) is 50.9 Å². The van der Waals surface area contributed by atoms with Gasteiger partial charge in [0.25, 0.3) is 0 Å². The number of nitrogens with one attached hydrogen (secondary N) is 1. The van der Waals surface area contributed by atoms with Crippen LogP contribution in [-0.2, 0) is 0 Å². The maximum Gasteiger partial charge on any atom is 0.139 e. The minimum Gasteiger partial charge on any atom is -0.384 e. The molecule has 3 N–H and O–H groups in total. The summed E-state index contributed by atoms with van der Waals surface area (Å²) in [6, 6.07) is 9.99. The SMILES string of the molecule is Nc1cccc(Nc2ccc(Br)c(F)c2)n1. The predicted octanol–water partition coefficient (Wildman–Crippen LogP) is 3.31. The van der Waals surface area contributed by atoms with Gasteiger partial charge in [0.15, 0.2) is 0 Å². The van der Waals surface area contributed by atoms with E-state index in [1.165, 1.54) is 6.07 Å². The lowest BCUT2D eigenvalue weighted by atomic mass is 10.3. The third-order valence-electron chi connectivity index (χ3n) is 1.96. The van der Waals surface area contributed by atoms with Crippen LogP contribution in [0.15, 0.2) is 40.9 Å². The molecule has 0 atom stereocenters. The molecule has 5 heteroatoms. The highest BCUT2D eigenvalue weighted by atomic mass is 79.9. The number of nitrogen functional groups attached to an aromatic ring is 1. The molecule has 0 amide bonds. The van der Waals surface area contributed by atoms with E-state index in [9.17, 15) is 4.39 Å². The summed E-state index contributed by atoms with van der Waals surface area (Å²) in [5.74, 6) is 0.679. The highest BCUT2D eigenvalue weighted by Crippen LogP contribution is 2.21. The Bertz CT molecular complexity index is 516. The molecule has 16 heavy (non-hydrogen) atoms. The van der Waals surface area contributed by atoms with Crippen LogP contribution >= 0.6 is 15.9 Å². The Kier molecular flexibility index (Phi) is 3.05. The number of halogens is 2. The fourth-order valence-corrected chi connectivity index (χ4v) is 1.49. The van der Waals surface area contributed by atoms with Crippen molar-refractivity contribution in [3.8, 4) is 0 Å². The van der Waals surface area contributed by atoms with Crippen LogP contribution in [0.2, 0.25) is 0 Å². The lowest BCUT2D eigenvalue weighted by Crippen LogP contribution is -1.97. The first-order valence-corrected chi connectivity index (χ1v) is 5.39. The van der Waals surface area contributed by atoms with Crippen LogP contribution in [0.3, 0.4) is 0 Å². The normalized spacial score (nSPS) is 10.1. The third kappa shape index (κ3) is 2.49. The maximum atomic E-state index is 13.2. The van der Waals surface area contributed by atoms with Crippen LogP contribution < -0.4 is 11.1 Å². The van der Waals surface area contributed by atoms with Crippen molar-refractivity contribution in [3.05, 3.63) is 46.7 Å². The van der Waals surface area contributed by atoms with Crippen molar-refractivity contribution in [2.45, 2.75) is 0 Å². The van der Waals surface area contributed by atoms with E-state index in [4.69, 9.17) is 5.73 Å².